The minimum atomic E-state index is -0.497. The molecule has 5 heteroatoms. The molecule has 0 atom stereocenters. The number of aliphatic hydroxyl groups is 1. The maximum atomic E-state index is 10.9. The van der Waals surface area contributed by atoms with Crippen LogP contribution in [0, 0.1) is 0 Å². The van der Waals surface area contributed by atoms with Crippen LogP contribution in [0.4, 0.5) is 5.82 Å². The Kier molecular flexibility index (Phi) is 3.49. The molecule has 0 saturated carbocycles. The number of nitrogens with zero attached hydrogens (tertiary/aromatic N) is 2. The van der Waals surface area contributed by atoms with E-state index in [1.165, 1.54) is 6.20 Å². The van der Waals surface area contributed by atoms with Gasteiger partial charge in [0.25, 0.3) is 0 Å². The Hall–Kier alpha value is -1.62. The van der Waals surface area contributed by atoms with Gasteiger partial charge in [-0.25, -0.2) is 4.98 Å². The maximum absolute atomic E-state index is 10.9. The van der Waals surface area contributed by atoms with Crippen molar-refractivity contribution in [3.63, 3.8) is 0 Å². The Morgan fingerprint density at radius 1 is 1.56 bits per heavy atom. The highest BCUT2D eigenvalue weighted by Crippen LogP contribution is 2.19. The number of amides is 1. The van der Waals surface area contributed by atoms with Crippen LogP contribution in [0.1, 0.15) is 24.2 Å². The molecule has 1 aromatic rings. The van der Waals surface area contributed by atoms with Gasteiger partial charge in [0.05, 0.1) is 17.7 Å². The first-order valence-corrected chi connectivity index (χ1v) is 4.99. The summed E-state index contributed by atoms with van der Waals surface area (Å²) in [4.78, 5) is 16.8. The standard InChI is InChI=1S/C11H17N3O2/c1-11(2,7-15)14(3)9-5-4-8(6-13-9)10(12)16/h4-6,15H,7H2,1-3H3,(H2,12,16). The first-order chi connectivity index (χ1) is 7.38. The van der Waals surface area contributed by atoms with Crippen LogP contribution in [-0.4, -0.2) is 35.2 Å². The SMILES string of the molecule is CN(c1ccc(C(N)=O)cn1)C(C)(C)CO. The third-order valence-corrected chi connectivity index (χ3v) is 2.67. The summed E-state index contributed by atoms with van der Waals surface area (Å²) in [5, 5.41) is 9.23. The van der Waals surface area contributed by atoms with Crippen LogP contribution in [-0.2, 0) is 0 Å². The largest absolute Gasteiger partial charge is 0.394 e. The highest BCUT2D eigenvalue weighted by molar-refractivity contribution is 5.92. The number of primary amides is 1. The van der Waals surface area contributed by atoms with Gasteiger partial charge in [0.15, 0.2) is 0 Å². The number of likely N-dealkylation sites (N-methyl/N-ethyl adjacent to an activating group) is 1. The number of carbonyl (C=O) groups is 1. The number of nitrogens with two attached hydrogens (primary N) is 1. The quantitative estimate of drug-likeness (QED) is 0.773. The predicted octanol–water partition coefficient (Wildman–Crippen LogP) is 0.388. The molecule has 0 aliphatic heterocycles. The molecule has 0 aromatic carbocycles. The van der Waals surface area contributed by atoms with Crippen molar-refractivity contribution in [1.82, 2.24) is 4.98 Å². The van der Waals surface area contributed by atoms with E-state index in [0.717, 1.165) is 0 Å². The molecule has 16 heavy (non-hydrogen) atoms. The van der Waals surface area contributed by atoms with Crippen molar-refractivity contribution < 1.29 is 9.90 Å². The lowest BCUT2D eigenvalue weighted by Gasteiger charge is -2.34. The molecule has 1 heterocycles. The van der Waals surface area contributed by atoms with Crippen LogP contribution in [0.15, 0.2) is 18.3 Å². The second-order valence-corrected chi connectivity index (χ2v) is 4.30. The molecule has 0 aliphatic rings. The molecule has 0 radical (unpaired) electrons. The molecule has 3 N–H and O–H groups in total. The molecule has 0 spiro atoms. The zero-order valence-electron chi connectivity index (χ0n) is 9.77. The fraction of sp³-hybridized carbons (Fsp3) is 0.455. The Balaban J connectivity index is 2.94. The molecular formula is C11H17N3O2. The van der Waals surface area contributed by atoms with Gasteiger partial charge in [-0.2, -0.15) is 0 Å². The summed E-state index contributed by atoms with van der Waals surface area (Å²) in [5.74, 6) is 0.187. The van der Waals surface area contributed by atoms with Gasteiger partial charge in [0.1, 0.15) is 5.82 Å². The van der Waals surface area contributed by atoms with Crippen molar-refractivity contribution in [1.29, 1.82) is 0 Å². The molecule has 1 amide bonds. The van der Waals surface area contributed by atoms with Crippen LogP contribution >= 0.6 is 0 Å². The number of hydrogen-bond acceptors (Lipinski definition) is 4. The summed E-state index contributed by atoms with van der Waals surface area (Å²) >= 11 is 0. The van der Waals surface area contributed by atoms with Gasteiger partial charge >= 0.3 is 0 Å². The second-order valence-electron chi connectivity index (χ2n) is 4.30. The Morgan fingerprint density at radius 3 is 2.56 bits per heavy atom. The zero-order valence-corrected chi connectivity index (χ0v) is 9.77. The number of carbonyl (C=O) groups excluding carboxylic acids is 1. The van der Waals surface area contributed by atoms with Gasteiger partial charge in [0, 0.05) is 13.2 Å². The van der Waals surface area contributed by atoms with E-state index in [4.69, 9.17) is 5.73 Å². The number of rotatable bonds is 4. The van der Waals surface area contributed by atoms with Crippen molar-refractivity contribution in [3.05, 3.63) is 23.9 Å². The van der Waals surface area contributed by atoms with E-state index in [1.54, 1.807) is 12.1 Å². The van der Waals surface area contributed by atoms with Gasteiger partial charge in [-0.15, -0.1) is 0 Å². The third kappa shape index (κ3) is 2.49. The van der Waals surface area contributed by atoms with Crippen molar-refractivity contribution >= 4 is 11.7 Å². The van der Waals surface area contributed by atoms with Crippen LogP contribution in [0.2, 0.25) is 0 Å². The fourth-order valence-electron chi connectivity index (χ4n) is 1.15. The van der Waals surface area contributed by atoms with E-state index in [1.807, 2.05) is 25.8 Å². The number of pyridine rings is 1. The maximum Gasteiger partial charge on any atom is 0.250 e. The van der Waals surface area contributed by atoms with E-state index in [-0.39, 0.29) is 6.61 Å². The third-order valence-electron chi connectivity index (χ3n) is 2.67. The van der Waals surface area contributed by atoms with Crippen LogP contribution in [0.25, 0.3) is 0 Å². The number of aromatic nitrogens is 1. The highest BCUT2D eigenvalue weighted by Gasteiger charge is 2.23. The monoisotopic (exact) mass is 223 g/mol. The highest BCUT2D eigenvalue weighted by atomic mass is 16.3. The van der Waals surface area contributed by atoms with Gasteiger partial charge in [-0.05, 0) is 26.0 Å². The van der Waals surface area contributed by atoms with Gasteiger partial charge < -0.3 is 15.7 Å². The normalized spacial score (nSPS) is 11.2. The summed E-state index contributed by atoms with van der Waals surface area (Å²) in [5.41, 5.74) is 5.09. The predicted molar refractivity (Wildman–Crippen MR) is 62.3 cm³/mol. The lowest BCUT2D eigenvalue weighted by Crippen LogP contribution is -2.44. The summed E-state index contributed by atoms with van der Waals surface area (Å²) in [7, 11) is 1.84. The summed E-state index contributed by atoms with van der Waals surface area (Å²) in [6, 6.07) is 3.33. The van der Waals surface area contributed by atoms with Crippen molar-refractivity contribution in [2.75, 3.05) is 18.6 Å². The molecule has 0 saturated heterocycles. The minimum absolute atomic E-state index is 0.0166. The molecule has 0 fully saturated rings. The molecule has 1 rings (SSSR count). The average molecular weight is 223 g/mol. The molecule has 5 nitrogen and oxygen atoms in total. The topological polar surface area (TPSA) is 79.5 Å². The lowest BCUT2D eigenvalue weighted by atomic mass is 10.1. The van der Waals surface area contributed by atoms with E-state index < -0.39 is 11.4 Å². The lowest BCUT2D eigenvalue weighted by molar-refractivity contribution is 0.1000. The van der Waals surface area contributed by atoms with Crippen LogP contribution in [0.5, 0.6) is 0 Å². The molecule has 1 aromatic heterocycles. The fourth-order valence-corrected chi connectivity index (χ4v) is 1.15. The van der Waals surface area contributed by atoms with E-state index >= 15 is 0 Å². The first-order valence-electron chi connectivity index (χ1n) is 4.99. The molecule has 0 unspecified atom stereocenters. The van der Waals surface area contributed by atoms with Gasteiger partial charge in [-0.3, -0.25) is 4.79 Å². The minimum Gasteiger partial charge on any atom is -0.394 e. The number of aliphatic hydroxyl groups excluding tert-OH is 1. The zero-order chi connectivity index (χ0) is 12.3. The average Bonchev–Trinajstić information content (AvgIpc) is 2.28. The summed E-state index contributed by atoms with van der Waals surface area (Å²) in [6.45, 7) is 3.82. The van der Waals surface area contributed by atoms with Crippen molar-refractivity contribution in [2.24, 2.45) is 5.73 Å². The Labute approximate surface area is 94.9 Å². The van der Waals surface area contributed by atoms with Crippen molar-refractivity contribution in [3.8, 4) is 0 Å². The molecule has 0 bridgehead atoms. The molecular weight excluding hydrogens is 206 g/mol. The Morgan fingerprint density at radius 2 is 2.19 bits per heavy atom. The van der Waals surface area contributed by atoms with E-state index in [9.17, 15) is 9.90 Å². The second kappa shape index (κ2) is 4.49. The summed E-state index contributed by atoms with van der Waals surface area (Å²) in [6.07, 6.45) is 1.43. The van der Waals surface area contributed by atoms with Gasteiger partial charge in [-0.1, -0.05) is 0 Å². The van der Waals surface area contributed by atoms with E-state index in [0.29, 0.717) is 11.4 Å². The molecule has 88 valence electrons. The van der Waals surface area contributed by atoms with Gasteiger partial charge in [0.2, 0.25) is 5.91 Å². The van der Waals surface area contributed by atoms with Crippen molar-refractivity contribution in [2.45, 2.75) is 19.4 Å². The number of hydrogen-bond donors (Lipinski definition) is 2. The summed E-state index contributed by atoms with van der Waals surface area (Å²) < 4.78 is 0. The smallest absolute Gasteiger partial charge is 0.250 e. The Bertz CT molecular complexity index is 373. The van der Waals surface area contributed by atoms with E-state index in [2.05, 4.69) is 4.98 Å². The van der Waals surface area contributed by atoms with Crippen LogP contribution < -0.4 is 10.6 Å². The first kappa shape index (κ1) is 12.4. The number of anilines is 1. The molecule has 0 aliphatic carbocycles. The van der Waals surface area contributed by atoms with Crippen LogP contribution in [0.3, 0.4) is 0 Å².